The molecular formula is C15H20N2O2. The molecule has 3 rings (SSSR count). The lowest BCUT2D eigenvalue weighted by molar-refractivity contribution is 0.0512. The summed E-state index contributed by atoms with van der Waals surface area (Å²) in [6.07, 6.45) is 2.86. The van der Waals surface area contributed by atoms with Crippen molar-refractivity contribution in [1.82, 2.24) is 9.88 Å². The standard InChI is InChI=1S/C15H20N2O2/c18-11-5-7-17(8-6-11)10-15(19)13-9-16-14-4-2-1-3-12(13)14/h1-4,9,11,15-16,18-19H,5-8,10H2. The molecule has 0 spiro atoms. The minimum absolute atomic E-state index is 0.165. The van der Waals surface area contributed by atoms with Crippen LogP contribution < -0.4 is 0 Å². The van der Waals surface area contributed by atoms with Crippen LogP contribution in [0.2, 0.25) is 0 Å². The number of aromatic amines is 1. The van der Waals surface area contributed by atoms with Gasteiger partial charge < -0.3 is 20.1 Å². The topological polar surface area (TPSA) is 59.5 Å². The summed E-state index contributed by atoms with van der Waals surface area (Å²) < 4.78 is 0. The summed E-state index contributed by atoms with van der Waals surface area (Å²) in [6.45, 7) is 2.36. The van der Waals surface area contributed by atoms with Crippen molar-refractivity contribution in [3.63, 3.8) is 0 Å². The predicted molar refractivity (Wildman–Crippen MR) is 74.9 cm³/mol. The molecule has 0 amide bonds. The molecule has 4 nitrogen and oxygen atoms in total. The van der Waals surface area contributed by atoms with Crippen molar-refractivity contribution in [3.8, 4) is 0 Å². The van der Waals surface area contributed by atoms with Gasteiger partial charge in [0.15, 0.2) is 0 Å². The number of piperidine rings is 1. The zero-order chi connectivity index (χ0) is 13.2. The second-order valence-corrected chi connectivity index (χ2v) is 5.34. The van der Waals surface area contributed by atoms with Gasteiger partial charge in [0.1, 0.15) is 0 Å². The van der Waals surface area contributed by atoms with E-state index in [1.807, 2.05) is 30.5 Å². The van der Waals surface area contributed by atoms with Gasteiger partial charge in [0, 0.05) is 42.3 Å². The van der Waals surface area contributed by atoms with Crippen molar-refractivity contribution < 1.29 is 10.2 Å². The average Bonchev–Trinajstić information content (AvgIpc) is 2.85. The fourth-order valence-electron chi connectivity index (χ4n) is 2.81. The molecule has 0 bridgehead atoms. The molecule has 1 atom stereocenters. The Morgan fingerprint density at radius 3 is 2.79 bits per heavy atom. The van der Waals surface area contributed by atoms with Crippen molar-refractivity contribution in [1.29, 1.82) is 0 Å². The monoisotopic (exact) mass is 260 g/mol. The first-order valence-corrected chi connectivity index (χ1v) is 6.88. The number of H-pyrrole nitrogens is 1. The number of nitrogens with one attached hydrogen (secondary N) is 1. The Morgan fingerprint density at radius 1 is 1.26 bits per heavy atom. The maximum absolute atomic E-state index is 10.4. The van der Waals surface area contributed by atoms with Gasteiger partial charge in [-0.1, -0.05) is 18.2 Å². The van der Waals surface area contributed by atoms with Gasteiger partial charge in [-0.15, -0.1) is 0 Å². The van der Waals surface area contributed by atoms with Crippen LogP contribution in [0.1, 0.15) is 24.5 Å². The first-order valence-electron chi connectivity index (χ1n) is 6.88. The van der Waals surface area contributed by atoms with Crippen LogP contribution in [0.3, 0.4) is 0 Å². The molecule has 1 saturated heterocycles. The number of likely N-dealkylation sites (tertiary alicyclic amines) is 1. The number of hydrogen-bond donors (Lipinski definition) is 3. The van der Waals surface area contributed by atoms with Gasteiger partial charge in [-0.05, 0) is 18.9 Å². The van der Waals surface area contributed by atoms with Crippen molar-refractivity contribution in [2.24, 2.45) is 0 Å². The van der Waals surface area contributed by atoms with Gasteiger partial charge in [0.2, 0.25) is 0 Å². The quantitative estimate of drug-likeness (QED) is 0.786. The third-order valence-corrected chi connectivity index (χ3v) is 3.97. The maximum atomic E-state index is 10.4. The summed E-state index contributed by atoms with van der Waals surface area (Å²) in [5, 5.41) is 21.0. The number of nitrogens with zero attached hydrogens (tertiary/aromatic N) is 1. The predicted octanol–water partition coefficient (Wildman–Crippen LogP) is 1.66. The molecule has 4 heteroatoms. The molecule has 2 heterocycles. The summed E-state index contributed by atoms with van der Waals surface area (Å²) in [6, 6.07) is 8.03. The van der Waals surface area contributed by atoms with Crippen LogP contribution in [-0.2, 0) is 0 Å². The van der Waals surface area contributed by atoms with Crippen LogP contribution in [0.4, 0.5) is 0 Å². The normalized spacial score (nSPS) is 19.9. The van der Waals surface area contributed by atoms with Gasteiger partial charge in [0.25, 0.3) is 0 Å². The number of β-amino-alcohol motifs (C(OH)–C–C–N with tert-alkyl or cyclic N) is 1. The first-order chi connectivity index (χ1) is 9.24. The van der Waals surface area contributed by atoms with Crippen molar-refractivity contribution in [2.75, 3.05) is 19.6 Å². The highest BCUT2D eigenvalue weighted by atomic mass is 16.3. The van der Waals surface area contributed by atoms with E-state index in [4.69, 9.17) is 0 Å². The van der Waals surface area contributed by atoms with Gasteiger partial charge in [-0.3, -0.25) is 0 Å². The van der Waals surface area contributed by atoms with Gasteiger partial charge in [-0.25, -0.2) is 0 Å². The van der Waals surface area contributed by atoms with Crippen LogP contribution in [0.5, 0.6) is 0 Å². The number of fused-ring (bicyclic) bond motifs is 1. The second-order valence-electron chi connectivity index (χ2n) is 5.34. The average molecular weight is 260 g/mol. The van der Waals surface area contributed by atoms with E-state index < -0.39 is 6.10 Å². The Bertz CT molecular complexity index is 544. The lowest BCUT2D eigenvalue weighted by Crippen LogP contribution is -2.38. The summed E-state index contributed by atoms with van der Waals surface area (Å²) in [4.78, 5) is 5.42. The third kappa shape index (κ3) is 2.66. The van der Waals surface area contributed by atoms with E-state index in [0.29, 0.717) is 6.54 Å². The van der Waals surface area contributed by atoms with Gasteiger partial charge in [0.05, 0.1) is 12.2 Å². The van der Waals surface area contributed by atoms with Crippen LogP contribution in [0, 0.1) is 0 Å². The number of benzene rings is 1. The fourth-order valence-corrected chi connectivity index (χ4v) is 2.81. The molecule has 0 aliphatic carbocycles. The van der Waals surface area contributed by atoms with E-state index in [0.717, 1.165) is 42.4 Å². The molecule has 3 N–H and O–H groups in total. The van der Waals surface area contributed by atoms with E-state index >= 15 is 0 Å². The first kappa shape index (κ1) is 12.7. The van der Waals surface area contributed by atoms with E-state index in [1.165, 1.54) is 0 Å². The molecule has 1 aliphatic heterocycles. The van der Waals surface area contributed by atoms with E-state index in [2.05, 4.69) is 9.88 Å². The second kappa shape index (κ2) is 5.33. The van der Waals surface area contributed by atoms with E-state index in [-0.39, 0.29) is 6.10 Å². The van der Waals surface area contributed by atoms with Crippen molar-refractivity contribution in [2.45, 2.75) is 25.0 Å². The largest absolute Gasteiger partial charge is 0.393 e. The fraction of sp³-hybridized carbons (Fsp3) is 0.467. The molecule has 1 aromatic heterocycles. The van der Waals surface area contributed by atoms with Gasteiger partial charge in [-0.2, -0.15) is 0 Å². The number of aliphatic hydroxyl groups excluding tert-OH is 2. The molecule has 0 saturated carbocycles. The molecule has 102 valence electrons. The number of para-hydroxylation sites is 1. The zero-order valence-corrected chi connectivity index (χ0v) is 10.9. The highest BCUT2D eigenvalue weighted by molar-refractivity contribution is 5.83. The molecule has 1 fully saturated rings. The van der Waals surface area contributed by atoms with Gasteiger partial charge >= 0.3 is 0 Å². The summed E-state index contributed by atoms with van der Waals surface area (Å²) >= 11 is 0. The number of aromatic nitrogens is 1. The Morgan fingerprint density at radius 2 is 2.00 bits per heavy atom. The summed E-state index contributed by atoms with van der Waals surface area (Å²) in [5.74, 6) is 0. The Labute approximate surface area is 112 Å². The van der Waals surface area contributed by atoms with Crippen molar-refractivity contribution >= 4 is 10.9 Å². The van der Waals surface area contributed by atoms with E-state index in [1.54, 1.807) is 0 Å². The molecule has 19 heavy (non-hydrogen) atoms. The smallest absolute Gasteiger partial charge is 0.0937 e. The highest BCUT2D eigenvalue weighted by Crippen LogP contribution is 2.25. The third-order valence-electron chi connectivity index (χ3n) is 3.97. The molecule has 2 aromatic rings. The minimum atomic E-state index is -0.480. The Balaban J connectivity index is 1.71. The lowest BCUT2D eigenvalue weighted by Gasteiger charge is -2.30. The van der Waals surface area contributed by atoms with Crippen LogP contribution in [0.25, 0.3) is 10.9 Å². The van der Waals surface area contributed by atoms with E-state index in [9.17, 15) is 10.2 Å². The van der Waals surface area contributed by atoms with Crippen molar-refractivity contribution in [3.05, 3.63) is 36.0 Å². The van der Waals surface area contributed by atoms with Crippen LogP contribution in [-0.4, -0.2) is 45.8 Å². The molecular weight excluding hydrogens is 240 g/mol. The molecule has 1 aromatic carbocycles. The molecule has 1 unspecified atom stereocenters. The number of hydrogen-bond acceptors (Lipinski definition) is 3. The minimum Gasteiger partial charge on any atom is -0.393 e. The number of aliphatic hydroxyl groups is 2. The van der Waals surface area contributed by atoms with Crippen LogP contribution >= 0.6 is 0 Å². The maximum Gasteiger partial charge on any atom is 0.0937 e. The SMILES string of the molecule is OC1CCN(CC(O)c2c[nH]c3ccccc23)CC1. The summed E-state index contributed by atoms with van der Waals surface area (Å²) in [5.41, 5.74) is 2.02. The summed E-state index contributed by atoms with van der Waals surface area (Å²) in [7, 11) is 0. The Hall–Kier alpha value is -1.36. The molecule has 1 aliphatic rings. The van der Waals surface area contributed by atoms with Crippen LogP contribution in [0.15, 0.2) is 30.5 Å². The highest BCUT2D eigenvalue weighted by Gasteiger charge is 2.21. The zero-order valence-electron chi connectivity index (χ0n) is 10.9. The Kier molecular flexibility index (Phi) is 3.55. The number of rotatable bonds is 3. The lowest BCUT2D eigenvalue weighted by atomic mass is 10.0. The molecule has 0 radical (unpaired) electrons.